The van der Waals surface area contributed by atoms with Crippen molar-refractivity contribution >= 4 is 17.7 Å². The number of carbonyl (C=O) groups is 3. The molecule has 1 heterocycles. The Morgan fingerprint density at radius 1 is 1.12 bits per heavy atom. The van der Waals surface area contributed by atoms with Crippen LogP contribution in [0.2, 0.25) is 0 Å². The van der Waals surface area contributed by atoms with Gasteiger partial charge in [-0.05, 0) is 31.6 Å². The first-order valence-electron chi connectivity index (χ1n) is 12.4. The van der Waals surface area contributed by atoms with Crippen molar-refractivity contribution in [1.82, 2.24) is 15.5 Å². The largest absolute Gasteiger partial charge is 0.394 e. The maximum Gasteiger partial charge on any atom is 0.243 e. The lowest BCUT2D eigenvalue weighted by atomic mass is 9.68. The van der Waals surface area contributed by atoms with Gasteiger partial charge in [0.2, 0.25) is 17.7 Å². The highest BCUT2D eigenvalue weighted by molar-refractivity contribution is 5.97. The van der Waals surface area contributed by atoms with Crippen LogP contribution in [0.4, 0.5) is 0 Å². The summed E-state index contributed by atoms with van der Waals surface area (Å²) in [6, 6.07) is -1.18. The van der Waals surface area contributed by atoms with Crippen LogP contribution in [0, 0.1) is 29.6 Å². The number of hydrogen-bond acceptors (Lipinski definition) is 4. The van der Waals surface area contributed by atoms with Crippen molar-refractivity contribution in [2.75, 3.05) is 13.7 Å². The first-order chi connectivity index (χ1) is 15.3. The monoisotopic (exact) mass is 449 g/mol. The fraction of sp³-hybridized carbons (Fsp3) is 0.800. The molecule has 1 fully saturated rings. The Balaban J connectivity index is 2.54. The summed E-state index contributed by atoms with van der Waals surface area (Å²) < 4.78 is 0. The van der Waals surface area contributed by atoms with Crippen LogP contribution in [0.25, 0.3) is 0 Å². The van der Waals surface area contributed by atoms with Gasteiger partial charge >= 0.3 is 0 Å². The lowest BCUT2D eigenvalue weighted by Gasteiger charge is -2.36. The molecule has 3 amide bonds. The summed E-state index contributed by atoms with van der Waals surface area (Å²) in [6.07, 6.45) is 8.32. The van der Waals surface area contributed by atoms with E-state index in [4.69, 9.17) is 0 Å². The fourth-order valence-electron chi connectivity index (χ4n) is 5.58. The SMILES string of the molecule is CCCC(C)NC(=O)[C@@H]1[C@H]2C=C[C@@H](CCC)[C@@H](C(=O)NC)[C@H]2C(=O)N1[C@@H](CO)[C@@H](C)CC. The number of fused-ring (bicyclic) bond motifs is 1. The molecule has 0 aromatic heterocycles. The van der Waals surface area contributed by atoms with E-state index in [1.807, 2.05) is 32.9 Å². The number of aliphatic hydroxyl groups is 1. The zero-order valence-electron chi connectivity index (χ0n) is 20.6. The van der Waals surface area contributed by atoms with Crippen LogP contribution in [0.1, 0.15) is 66.7 Å². The summed E-state index contributed by atoms with van der Waals surface area (Å²) >= 11 is 0. The van der Waals surface area contributed by atoms with E-state index in [9.17, 15) is 19.5 Å². The van der Waals surface area contributed by atoms with E-state index in [-0.39, 0.29) is 48.1 Å². The van der Waals surface area contributed by atoms with Crippen molar-refractivity contribution in [3.05, 3.63) is 12.2 Å². The Bertz CT molecular complexity index is 695. The summed E-state index contributed by atoms with van der Waals surface area (Å²) in [4.78, 5) is 42.0. The smallest absolute Gasteiger partial charge is 0.243 e. The van der Waals surface area contributed by atoms with Crippen LogP contribution in [-0.4, -0.2) is 59.5 Å². The van der Waals surface area contributed by atoms with E-state index in [1.165, 1.54) is 0 Å². The molecule has 0 radical (unpaired) electrons. The number of nitrogens with zero attached hydrogens (tertiary/aromatic N) is 1. The van der Waals surface area contributed by atoms with Gasteiger partial charge < -0.3 is 20.6 Å². The van der Waals surface area contributed by atoms with E-state index < -0.39 is 23.9 Å². The first kappa shape index (κ1) is 26.4. The molecular formula is C25H43N3O4. The van der Waals surface area contributed by atoms with Crippen molar-refractivity contribution in [3.8, 4) is 0 Å². The molecule has 182 valence electrons. The number of nitrogens with one attached hydrogen (secondary N) is 2. The molecule has 7 nitrogen and oxygen atoms in total. The van der Waals surface area contributed by atoms with E-state index in [0.29, 0.717) is 0 Å². The minimum atomic E-state index is -0.719. The molecule has 1 unspecified atom stereocenters. The molecule has 3 N–H and O–H groups in total. The van der Waals surface area contributed by atoms with Crippen molar-refractivity contribution in [3.63, 3.8) is 0 Å². The predicted molar refractivity (Wildman–Crippen MR) is 126 cm³/mol. The molecule has 0 spiro atoms. The molecule has 8 atom stereocenters. The van der Waals surface area contributed by atoms with E-state index in [0.717, 1.165) is 32.1 Å². The molecule has 2 aliphatic rings. The van der Waals surface area contributed by atoms with Gasteiger partial charge in [-0.2, -0.15) is 0 Å². The van der Waals surface area contributed by atoms with Gasteiger partial charge in [-0.1, -0.05) is 59.1 Å². The molecule has 0 aromatic rings. The quantitative estimate of drug-likeness (QED) is 0.422. The number of amides is 3. The third-order valence-corrected chi connectivity index (χ3v) is 7.44. The maximum atomic E-state index is 13.9. The Morgan fingerprint density at radius 2 is 1.81 bits per heavy atom. The van der Waals surface area contributed by atoms with Gasteiger partial charge in [-0.15, -0.1) is 0 Å². The molecule has 1 aliphatic carbocycles. The Labute approximate surface area is 193 Å². The number of allylic oxidation sites excluding steroid dienone is 1. The molecule has 0 saturated carbocycles. The van der Waals surface area contributed by atoms with Gasteiger partial charge in [0.05, 0.1) is 24.5 Å². The second kappa shape index (κ2) is 11.8. The van der Waals surface area contributed by atoms with E-state index in [1.54, 1.807) is 11.9 Å². The van der Waals surface area contributed by atoms with Gasteiger partial charge in [0.25, 0.3) is 0 Å². The molecule has 0 aromatic carbocycles. The molecule has 1 aliphatic heterocycles. The molecule has 0 bridgehead atoms. The van der Waals surface area contributed by atoms with Crippen molar-refractivity contribution < 1.29 is 19.5 Å². The Hall–Kier alpha value is -1.89. The third kappa shape index (κ3) is 5.19. The van der Waals surface area contributed by atoms with Crippen LogP contribution in [0.15, 0.2) is 12.2 Å². The number of rotatable bonds is 11. The lowest BCUT2D eigenvalue weighted by Crippen LogP contribution is -2.55. The number of aliphatic hydroxyl groups excluding tert-OH is 1. The summed E-state index contributed by atoms with van der Waals surface area (Å²) in [5.74, 6) is -2.02. The Morgan fingerprint density at radius 3 is 2.34 bits per heavy atom. The average molecular weight is 450 g/mol. The van der Waals surface area contributed by atoms with Gasteiger partial charge in [0.15, 0.2) is 0 Å². The summed E-state index contributed by atoms with van der Waals surface area (Å²) in [5.41, 5.74) is 0. The van der Waals surface area contributed by atoms with Crippen LogP contribution in [0.5, 0.6) is 0 Å². The predicted octanol–water partition coefficient (Wildman–Crippen LogP) is 2.49. The Kier molecular flexibility index (Phi) is 9.74. The molecule has 2 rings (SSSR count). The zero-order valence-corrected chi connectivity index (χ0v) is 20.6. The van der Waals surface area contributed by atoms with Gasteiger partial charge in [-0.3, -0.25) is 14.4 Å². The van der Waals surface area contributed by atoms with Crippen molar-refractivity contribution in [2.24, 2.45) is 29.6 Å². The second-order valence-electron chi connectivity index (χ2n) is 9.60. The molecular weight excluding hydrogens is 406 g/mol. The van der Waals surface area contributed by atoms with Crippen LogP contribution < -0.4 is 10.6 Å². The van der Waals surface area contributed by atoms with E-state index >= 15 is 0 Å². The molecule has 7 heteroatoms. The minimum absolute atomic E-state index is 0.00479. The number of likely N-dealkylation sites (tertiary alicyclic amines) is 1. The van der Waals surface area contributed by atoms with Gasteiger partial charge in [0.1, 0.15) is 6.04 Å². The van der Waals surface area contributed by atoms with E-state index in [2.05, 4.69) is 24.5 Å². The number of hydrogen-bond donors (Lipinski definition) is 3. The highest BCUT2D eigenvalue weighted by atomic mass is 16.3. The number of carbonyl (C=O) groups excluding carboxylic acids is 3. The molecule has 32 heavy (non-hydrogen) atoms. The highest BCUT2D eigenvalue weighted by Gasteiger charge is 2.58. The molecule has 1 saturated heterocycles. The summed E-state index contributed by atoms with van der Waals surface area (Å²) in [7, 11) is 1.60. The van der Waals surface area contributed by atoms with Crippen LogP contribution >= 0.6 is 0 Å². The maximum absolute atomic E-state index is 13.9. The first-order valence-corrected chi connectivity index (χ1v) is 12.4. The summed E-state index contributed by atoms with van der Waals surface area (Å²) in [6.45, 7) is 9.92. The topological polar surface area (TPSA) is 98.7 Å². The lowest BCUT2D eigenvalue weighted by molar-refractivity contribution is -0.144. The highest BCUT2D eigenvalue weighted by Crippen LogP contribution is 2.46. The van der Waals surface area contributed by atoms with Gasteiger partial charge in [-0.25, -0.2) is 0 Å². The van der Waals surface area contributed by atoms with Crippen molar-refractivity contribution in [1.29, 1.82) is 0 Å². The third-order valence-electron chi connectivity index (χ3n) is 7.44. The zero-order chi connectivity index (χ0) is 24.0. The normalized spacial score (nSPS) is 29.9. The van der Waals surface area contributed by atoms with Crippen molar-refractivity contribution in [2.45, 2.75) is 84.8 Å². The fourth-order valence-corrected chi connectivity index (χ4v) is 5.58. The van der Waals surface area contributed by atoms with Gasteiger partial charge in [0, 0.05) is 19.0 Å². The van der Waals surface area contributed by atoms with Crippen LogP contribution in [0.3, 0.4) is 0 Å². The van der Waals surface area contributed by atoms with Crippen LogP contribution in [-0.2, 0) is 14.4 Å². The summed E-state index contributed by atoms with van der Waals surface area (Å²) in [5, 5.41) is 16.1. The standard InChI is InChI=1S/C25H43N3O4/c1-7-10-16(5)27-24(31)22-18-13-12-17(11-8-2)20(23(30)26-6)21(18)25(32)28(22)19(14-29)15(4)9-3/h12-13,15-22,29H,7-11,14H2,1-6H3,(H,26,30)(H,27,31)/t15-,16?,17+,18-,19-,20+,21-,22-/m0/s1. The second-order valence-corrected chi connectivity index (χ2v) is 9.60. The minimum Gasteiger partial charge on any atom is -0.394 e. The average Bonchev–Trinajstić information content (AvgIpc) is 3.06.